The van der Waals surface area contributed by atoms with E-state index in [2.05, 4.69) is 15.6 Å². The van der Waals surface area contributed by atoms with Crippen LogP contribution in [0.5, 0.6) is 0 Å². The average Bonchev–Trinajstić information content (AvgIpc) is 3.65. The molecule has 0 unspecified atom stereocenters. The second-order valence-electron chi connectivity index (χ2n) is 14.6. The van der Waals surface area contributed by atoms with Crippen molar-refractivity contribution in [3.05, 3.63) is 63.8 Å². The Morgan fingerprint density at radius 3 is 2.43 bits per heavy atom. The molecule has 2 aliphatic carbocycles. The first-order valence-electron chi connectivity index (χ1n) is 17.6. The lowest BCUT2D eigenvalue weighted by atomic mass is 9.76. The van der Waals surface area contributed by atoms with Gasteiger partial charge in [0.2, 0.25) is 5.91 Å². The van der Waals surface area contributed by atoms with Crippen LogP contribution in [0.25, 0.3) is 10.9 Å². The normalized spacial score (nSPS) is 19.9. The van der Waals surface area contributed by atoms with Crippen molar-refractivity contribution in [2.24, 2.45) is 11.8 Å². The van der Waals surface area contributed by atoms with Gasteiger partial charge in [-0.1, -0.05) is 43.7 Å². The van der Waals surface area contributed by atoms with Crippen LogP contribution < -0.4 is 10.6 Å². The van der Waals surface area contributed by atoms with Crippen molar-refractivity contribution in [1.82, 2.24) is 15.2 Å². The number of fused-ring (bicyclic) bond motifs is 1. The molecule has 3 aliphatic rings. The number of rotatable bonds is 9. The number of hydrogen-bond donors (Lipinski definition) is 3. The molecule has 2 saturated carbocycles. The van der Waals surface area contributed by atoms with Gasteiger partial charge in [0.15, 0.2) is 0 Å². The SMILES string of the molecule is CCOC(=O)c1cc2cc(NC(=O)[C@@H]3[C@H](C4CCCCC4)CCN3C(=O)c3cc(C4CC4)c(CNC(=O)OC(C)(C)C)cc3Cl)ccc2[nH]1. The van der Waals surface area contributed by atoms with Crippen LogP contribution in [0.4, 0.5) is 10.5 Å². The molecule has 1 aromatic heterocycles. The lowest BCUT2D eigenvalue weighted by molar-refractivity contribution is -0.121. The highest BCUT2D eigenvalue weighted by Crippen LogP contribution is 2.44. The largest absolute Gasteiger partial charge is 0.461 e. The summed E-state index contributed by atoms with van der Waals surface area (Å²) in [5.41, 5.74) is 3.31. The smallest absolute Gasteiger partial charge is 0.407 e. The summed E-state index contributed by atoms with van der Waals surface area (Å²) >= 11 is 6.84. The van der Waals surface area contributed by atoms with Crippen molar-refractivity contribution in [1.29, 1.82) is 0 Å². The number of nitrogens with zero attached hydrogens (tertiary/aromatic N) is 1. The third kappa shape index (κ3) is 8.06. The molecule has 3 fully saturated rings. The van der Waals surface area contributed by atoms with Crippen LogP contribution in [0.15, 0.2) is 36.4 Å². The van der Waals surface area contributed by atoms with E-state index < -0.39 is 23.7 Å². The molecule has 10 nitrogen and oxygen atoms in total. The number of ether oxygens (including phenoxy) is 2. The number of alkyl carbamates (subject to hydrolysis) is 1. The fraction of sp³-hybridized carbons (Fsp3) is 0.526. The molecule has 0 bridgehead atoms. The minimum absolute atomic E-state index is 0.0367. The van der Waals surface area contributed by atoms with Crippen LogP contribution in [0.2, 0.25) is 5.02 Å². The Balaban J connectivity index is 1.25. The Labute approximate surface area is 292 Å². The molecule has 262 valence electrons. The number of hydrogen-bond acceptors (Lipinski definition) is 6. The van der Waals surface area contributed by atoms with Crippen molar-refractivity contribution >= 4 is 52.1 Å². The van der Waals surface area contributed by atoms with Crippen LogP contribution in [0.1, 0.15) is 117 Å². The van der Waals surface area contributed by atoms with Gasteiger partial charge in [-0.25, -0.2) is 9.59 Å². The van der Waals surface area contributed by atoms with E-state index in [0.717, 1.165) is 67.0 Å². The molecule has 0 radical (unpaired) electrons. The number of carbonyl (C=O) groups is 4. The molecular weight excluding hydrogens is 644 g/mol. The quantitative estimate of drug-likeness (QED) is 0.196. The fourth-order valence-electron chi connectivity index (χ4n) is 7.54. The zero-order valence-electron chi connectivity index (χ0n) is 28.8. The zero-order chi connectivity index (χ0) is 34.9. The Morgan fingerprint density at radius 1 is 0.980 bits per heavy atom. The number of H-pyrrole nitrogens is 1. The van der Waals surface area contributed by atoms with E-state index in [1.807, 2.05) is 39.0 Å². The molecule has 3 amide bonds. The van der Waals surface area contributed by atoms with E-state index in [0.29, 0.717) is 40.3 Å². The van der Waals surface area contributed by atoms with Crippen molar-refractivity contribution in [3.8, 4) is 0 Å². The topological polar surface area (TPSA) is 130 Å². The second-order valence-corrected chi connectivity index (χ2v) is 15.1. The number of amides is 3. The number of likely N-dealkylation sites (tertiary alicyclic amines) is 1. The van der Waals surface area contributed by atoms with Crippen molar-refractivity contribution in [3.63, 3.8) is 0 Å². The number of aromatic nitrogens is 1. The monoisotopic (exact) mass is 690 g/mol. The Bertz CT molecular complexity index is 1740. The van der Waals surface area contributed by atoms with E-state index in [-0.39, 0.29) is 30.9 Å². The highest BCUT2D eigenvalue weighted by molar-refractivity contribution is 6.34. The minimum Gasteiger partial charge on any atom is -0.461 e. The van der Waals surface area contributed by atoms with Gasteiger partial charge in [0.25, 0.3) is 5.91 Å². The minimum atomic E-state index is -0.651. The Kier molecular flexibility index (Phi) is 10.2. The molecule has 2 aromatic carbocycles. The number of anilines is 1. The molecule has 3 N–H and O–H groups in total. The summed E-state index contributed by atoms with van der Waals surface area (Å²) in [6.07, 6.45) is 7.79. The summed E-state index contributed by atoms with van der Waals surface area (Å²) in [4.78, 5) is 58.1. The van der Waals surface area contributed by atoms with Crippen molar-refractivity contribution in [2.75, 3.05) is 18.5 Å². The lowest BCUT2D eigenvalue weighted by Gasteiger charge is -2.34. The average molecular weight is 691 g/mol. The second kappa shape index (κ2) is 14.4. The molecule has 1 saturated heterocycles. The number of nitrogens with one attached hydrogen (secondary N) is 3. The number of esters is 1. The van der Waals surface area contributed by atoms with Gasteiger partial charge in [-0.3, -0.25) is 9.59 Å². The molecule has 2 heterocycles. The molecule has 0 spiro atoms. The van der Waals surface area contributed by atoms with Gasteiger partial charge in [-0.15, -0.1) is 0 Å². The van der Waals surface area contributed by atoms with Crippen LogP contribution in [-0.2, 0) is 20.8 Å². The van der Waals surface area contributed by atoms with Crippen LogP contribution >= 0.6 is 11.6 Å². The first-order chi connectivity index (χ1) is 23.4. The lowest BCUT2D eigenvalue weighted by Crippen LogP contribution is -2.47. The van der Waals surface area contributed by atoms with Gasteiger partial charge in [-0.05, 0) is 112 Å². The van der Waals surface area contributed by atoms with Crippen molar-refractivity contribution < 1.29 is 28.7 Å². The number of aromatic amines is 1. The van der Waals surface area contributed by atoms with Crippen LogP contribution in [-0.4, -0.2) is 58.6 Å². The van der Waals surface area contributed by atoms with Gasteiger partial charge >= 0.3 is 12.1 Å². The number of benzene rings is 2. The Hall–Kier alpha value is -4.05. The van der Waals surface area contributed by atoms with E-state index in [1.165, 1.54) is 6.42 Å². The summed E-state index contributed by atoms with van der Waals surface area (Å²) in [7, 11) is 0. The van der Waals surface area contributed by atoms with Crippen LogP contribution in [0, 0.1) is 11.8 Å². The van der Waals surface area contributed by atoms with Gasteiger partial charge in [0, 0.05) is 29.7 Å². The van der Waals surface area contributed by atoms with Crippen molar-refractivity contribution in [2.45, 2.75) is 103 Å². The Morgan fingerprint density at radius 2 is 1.73 bits per heavy atom. The van der Waals surface area contributed by atoms with E-state index >= 15 is 0 Å². The predicted molar refractivity (Wildman–Crippen MR) is 189 cm³/mol. The summed E-state index contributed by atoms with van der Waals surface area (Å²) in [5, 5.41) is 7.00. The summed E-state index contributed by atoms with van der Waals surface area (Å²) in [6.45, 7) is 8.18. The number of carbonyl (C=O) groups excluding carboxylic acids is 4. The first kappa shape index (κ1) is 34.8. The molecule has 1 aliphatic heterocycles. The van der Waals surface area contributed by atoms with Gasteiger partial charge in [-0.2, -0.15) is 0 Å². The highest BCUT2D eigenvalue weighted by Gasteiger charge is 2.46. The summed E-state index contributed by atoms with van der Waals surface area (Å²) in [6, 6.07) is 10.2. The highest BCUT2D eigenvalue weighted by atomic mass is 35.5. The van der Waals surface area contributed by atoms with Crippen LogP contribution in [0.3, 0.4) is 0 Å². The maximum atomic E-state index is 14.4. The molecule has 6 rings (SSSR count). The van der Waals surface area contributed by atoms with Gasteiger partial charge in [0.1, 0.15) is 17.3 Å². The molecule has 3 aromatic rings. The molecule has 2 atom stereocenters. The molecule has 11 heteroatoms. The third-order valence-electron chi connectivity index (χ3n) is 9.91. The molecule has 49 heavy (non-hydrogen) atoms. The first-order valence-corrected chi connectivity index (χ1v) is 18.0. The standard InChI is InChI=1S/C38H47ClN4O6/c1-5-48-36(46)32-19-24-17-26(13-14-31(24)42-32)41-34(44)33-27(22-9-7-6-8-10-22)15-16-43(33)35(45)29-20-28(23-11-12-23)25(18-30(29)39)21-40-37(47)49-38(2,3)4/h13-14,17-20,22-23,27,33,42H,5-12,15-16,21H2,1-4H3,(H,40,47)(H,41,44)/t27-,33-/m0/s1. The maximum absolute atomic E-state index is 14.4. The predicted octanol–water partition coefficient (Wildman–Crippen LogP) is 7.95. The van der Waals surface area contributed by atoms with Gasteiger partial charge < -0.3 is 30.0 Å². The summed E-state index contributed by atoms with van der Waals surface area (Å²) < 4.78 is 10.5. The zero-order valence-corrected chi connectivity index (χ0v) is 29.6. The number of halogens is 1. The fourth-order valence-corrected chi connectivity index (χ4v) is 7.81. The van der Waals surface area contributed by atoms with E-state index in [1.54, 1.807) is 30.0 Å². The van der Waals surface area contributed by atoms with E-state index in [4.69, 9.17) is 21.1 Å². The summed E-state index contributed by atoms with van der Waals surface area (Å²) in [5.74, 6) is -0.221. The molecular formula is C38H47ClN4O6. The van der Waals surface area contributed by atoms with E-state index in [9.17, 15) is 19.2 Å². The van der Waals surface area contributed by atoms with Gasteiger partial charge in [0.05, 0.1) is 17.2 Å². The maximum Gasteiger partial charge on any atom is 0.407 e. The third-order valence-corrected chi connectivity index (χ3v) is 10.2.